The summed E-state index contributed by atoms with van der Waals surface area (Å²) >= 11 is 0. The van der Waals surface area contributed by atoms with Crippen LogP contribution >= 0.6 is 0 Å². The molecule has 67 heavy (non-hydrogen) atoms. The van der Waals surface area contributed by atoms with Crippen molar-refractivity contribution in [1.29, 1.82) is 0 Å². The topological polar surface area (TPSA) is 78.9 Å². The first kappa shape index (κ1) is 65.4. The molecule has 0 aromatic rings. The third-order valence-corrected chi connectivity index (χ3v) is 14.3. The lowest BCUT2D eigenvalue weighted by molar-refractivity contribution is -0.167. The molecule has 0 rings (SSSR count). The van der Waals surface area contributed by atoms with Gasteiger partial charge in [0.2, 0.25) is 0 Å². The molecule has 6 nitrogen and oxygen atoms in total. The first-order valence-corrected chi connectivity index (χ1v) is 30.1. The van der Waals surface area contributed by atoms with Gasteiger partial charge in [-0.3, -0.25) is 14.4 Å². The summed E-state index contributed by atoms with van der Waals surface area (Å²) in [6, 6.07) is 0. The Morgan fingerprint density at radius 1 is 0.299 bits per heavy atom. The van der Waals surface area contributed by atoms with Gasteiger partial charge in [-0.1, -0.05) is 298 Å². The van der Waals surface area contributed by atoms with Crippen LogP contribution in [0.2, 0.25) is 0 Å². The summed E-state index contributed by atoms with van der Waals surface area (Å²) in [5.74, 6) is 1.72. The van der Waals surface area contributed by atoms with Crippen LogP contribution in [-0.4, -0.2) is 37.2 Å². The van der Waals surface area contributed by atoms with Crippen molar-refractivity contribution in [3.8, 4) is 0 Å². The maximum atomic E-state index is 12.9. The third-order valence-electron chi connectivity index (χ3n) is 14.3. The molecule has 0 radical (unpaired) electrons. The summed E-state index contributed by atoms with van der Waals surface area (Å²) in [6.07, 6.45) is 55.2. The van der Waals surface area contributed by atoms with Gasteiger partial charge in [0.1, 0.15) is 13.2 Å². The van der Waals surface area contributed by atoms with E-state index in [1.807, 2.05) is 0 Å². The van der Waals surface area contributed by atoms with Gasteiger partial charge in [0.15, 0.2) is 6.10 Å². The van der Waals surface area contributed by atoms with Crippen molar-refractivity contribution < 1.29 is 28.6 Å². The Morgan fingerprint density at radius 3 is 0.776 bits per heavy atom. The Balaban J connectivity index is 4.29. The minimum Gasteiger partial charge on any atom is -0.462 e. The summed E-state index contributed by atoms with van der Waals surface area (Å²) in [6.45, 7) is 13.8. The fourth-order valence-corrected chi connectivity index (χ4v) is 9.32. The summed E-state index contributed by atoms with van der Waals surface area (Å²) in [5.41, 5.74) is 0. The number of esters is 3. The van der Waals surface area contributed by atoms with E-state index < -0.39 is 6.10 Å². The van der Waals surface area contributed by atoms with Crippen molar-refractivity contribution in [3.63, 3.8) is 0 Å². The SMILES string of the molecule is CCC(C)CCCCCCCCCCCCC(=O)O[C@H](COC(=O)CCCCCCCCCCCCCCCCCCC(C)C)COC(=O)CCCCCCCCCCCCCCCC(C)C. The van der Waals surface area contributed by atoms with Crippen molar-refractivity contribution in [2.45, 2.75) is 343 Å². The van der Waals surface area contributed by atoms with E-state index in [0.29, 0.717) is 19.3 Å². The highest BCUT2D eigenvalue weighted by Crippen LogP contribution is 2.19. The van der Waals surface area contributed by atoms with E-state index in [1.54, 1.807) is 0 Å². The Labute approximate surface area is 418 Å². The average Bonchev–Trinajstić information content (AvgIpc) is 3.30. The van der Waals surface area contributed by atoms with Crippen LogP contribution < -0.4 is 0 Å². The first-order valence-electron chi connectivity index (χ1n) is 30.1. The quantitative estimate of drug-likeness (QED) is 0.0343. The molecule has 0 bridgehead atoms. The van der Waals surface area contributed by atoms with Gasteiger partial charge < -0.3 is 14.2 Å². The molecular weight excluding hydrogens is 829 g/mol. The lowest BCUT2D eigenvalue weighted by Crippen LogP contribution is -2.30. The monoisotopic (exact) mass is 947 g/mol. The smallest absolute Gasteiger partial charge is 0.306 e. The van der Waals surface area contributed by atoms with Crippen LogP contribution in [-0.2, 0) is 28.6 Å². The second-order valence-corrected chi connectivity index (χ2v) is 22.2. The molecule has 0 aliphatic rings. The first-order chi connectivity index (χ1) is 32.6. The maximum Gasteiger partial charge on any atom is 0.306 e. The lowest BCUT2D eigenvalue weighted by Gasteiger charge is -2.18. The number of hydrogen-bond acceptors (Lipinski definition) is 6. The van der Waals surface area contributed by atoms with Crippen LogP contribution in [0.3, 0.4) is 0 Å². The van der Waals surface area contributed by atoms with Crippen LogP contribution in [0, 0.1) is 17.8 Å². The van der Waals surface area contributed by atoms with E-state index in [9.17, 15) is 14.4 Å². The Bertz CT molecular complexity index is 1040. The summed E-state index contributed by atoms with van der Waals surface area (Å²) in [7, 11) is 0. The molecule has 6 heteroatoms. The standard InChI is InChI=1S/C61H118O6/c1-7-57(6)49-43-37-31-25-21-22-28-34-40-46-52-61(64)67-58(54-66-60(63)51-45-39-33-27-20-16-12-14-18-24-30-36-42-48-56(4)5)53-65-59(62)50-44-38-32-26-19-15-11-9-8-10-13-17-23-29-35-41-47-55(2)3/h55-58H,7-54H2,1-6H3/t57?,58-/m1/s1. The number of carbonyl (C=O) groups excluding carboxylic acids is 3. The van der Waals surface area contributed by atoms with Crippen LogP contribution in [0.5, 0.6) is 0 Å². The molecule has 0 saturated heterocycles. The molecule has 0 aromatic heterocycles. The number of rotatable bonds is 54. The number of hydrogen-bond donors (Lipinski definition) is 0. The third kappa shape index (κ3) is 53.6. The molecule has 0 amide bonds. The van der Waals surface area contributed by atoms with Crippen molar-refractivity contribution >= 4 is 17.9 Å². The van der Waals surface area contributed by atoms with E-state index >= 15 is 0 Å². The van der Waals surface area contributed by atoms with Gasteiger partial charge in [-0.25, -0.2) is 0 Å². The average molecular weight is 948 g/mol. The van der Waals surface area contributed by atoms with Gasteiger partial charge in [0.05, 0.1) is 0 Å². The van der Waals surface area contributed by atoms with Crippen molar-refractivity contribution in [2.75, 3.05) is 13.2 Å². The Morgan fingerprint density at radius 2 is 0.522 bits per heavy atom. The maximum absolute atomic E-state index is 12.9. The molecule has 0 aliphatic carbocycles. The fraction of sp³-hybridized carbons (Fsp3) is 0.951. The zero-order valence-electron chi connectivity index (χ0n) is 46.2. The molecule has 0 aromatic carbocycles. The molecule has 2 atom stereocenters. The van der Waals surface area contributed by atoms with Crippen LogP contribution in [0.4, 0.5) is 0 Å². The van der Waals surface area contributed by atoms with E-state index in [1.165, 1.54) is 218 Å². The van der Waals surface area contributed by atoms with Gasteiger partial charge in [0.25, 0.3) is 0 Å². The van der Waals surface area contributed by atoms with Gasteiger partial charge in [0, 0.05) is 19.3 Å². The largest absolute Gasteiger partial charge is 0.462 e. The highest BCUT2D eigenvalue weighted by atomic mass is 16.6. The van der Waals surface area contributed by atoms with Crippen LogP contribution in [0.15, 0.2) is 0 Å². The normalized spacial score (nSPS) is 12.5. The van der Waals surface area contributed by atoms with Gasteiger partial charge >= 0.3 is 17.9 Å². The molecule has 0 heterocycles. The number of ether oxygens (including phenoxy) is 3. The highest BCUT2D eigenvalue weighted by Gasteiger charge is 2.19. The molecule has 0 saturated carbocycles. The molecule has 0 fully saturated rings. The minimum atomic E-state index is -0.764. The molecule has 1 unspecified atom stereocenters. The molecule has 398 valence electrons. The number of carbonyl (C=O) groups is 3. The van der Waals surface area contributed by atoms with Crippen LogP contribution in [0.25, 0.3) is 0 Å². The minimum absolute atomic E-state index is 0.0633. The fourth-order valence-electron chi connectivity index (χ4n) is 9.32. The Hall–Kier alpha value is -1.59. The summed E-state index contributed by atoms with van der Waals surface area (Å²) in [5, 5.41) is 0. The number of unbranched alkanes of at least 4 members (excludes halogenated alkanes) is 36. The van der Waals surface area contributed by atoms with Gasteiger partial charge in [-0.15, -0.1) is 0 Å². The van der Waals surface area contributed by atoms with Crippen molar-refractivity contribution in [2.24, 2.45) is 17.8 Å². The zero-order valence-corrected chi connectivity index (χ0v) is 46.2. The van der Waals surface area contributed by atoms with E-state index in [4.69, 9.17) is 14.2 Å². The summed E-state index contributed by atoms with van der Waals surface area (Å²) < 4.78 is 16.9. The van der Waals surface area contributed by atoms with E-state index in [0.717, 1.165) is 75.5 Å². The van der Waals surface area contributed by atoms with Crippen molar-refractivity contribution in [1.82, 2.24) is 0 Å². The zero-order chi connectivity index (χ0) is 49.1. The summed E-state index contributed by atoms with van der Waals surface area (Å²) in [4.78, 5) is 38.2. The van der Waals surface area contributed by atoms with Crippen LogP contribution in [0.1, 0.15) is 337 Å². The predicted octanol–water partition coefficient (Wildman–Crippen LogP) is 19.9. The molecule has 0 N–H and O–H groups in total. The van der Waals surface area contributed by atoms with Crippen molar-refractivity contribution in [3.05, 3.63) is 0 Å². The predicted molar refractivity (Wildman–Crippen MR) is 289 cm³/mol. The molecular formula is C61H118O6. The lowest BCUT2D eigenvalue weighted by atomic mass is 9.99. The second-order valence-electron chi connectivity index (χ2n) is 22.2. The van der Waals surface area contributed by atoms with Gasteiger partial charge in [-0.05, 0) is 37.0 Å². The Kier molecular flexibility index (Phi) is 51.0. The van der Waals surface area contributed by atoms with E-state index in [-0.39, 0.29) is 31.1 Å². The van der Waals surface area contributed by atoms with E-state index in [2.05, 4.69) is 41.5 Å². The molecule has 0 spiro atoms. The van der Waals surface area contributed by atoms with Gasteiger partial charge in [-0.2, -0.15) is 0 Å². The second kappa shape index (κ2) is 52.2. The highest BCUT2D eigenvalue weighted by molar-refractivity contribution is 5.71. The molecule has 0 aliphatic heterocycles.